The Morgan fingerprint density at radius 3 is 2.59 bits per heavy atom. The number of carbonyl (C=O) groups excluding carboxylic acids is 2. The van der Waals surface area contributed by atoms with Gasteiger partial charge in [0.25, 0.3) is 11.8 Å². The fourth-order valence-electron chi connectivity index (χ4n) is 2.72. The van der Waals surface area contributed by atoms with E-state index in [1.54, 1.807) is 31.2 Å². The highest BCUT2D eigenvalue weighted by Gasteiger charge is 2.21. The molecule has 2 amide bonds. The standard InChI is InChI=1S/C20H19N3O4/c1-2-23(17(24)10-11-18(25)26)16-9-8-14-6-3-4-7-15(14)19(16)20(27)22-13-5-12-21/h3-4,6-11H,2,5,13H2,1H3,(H,22,27)(H,25,26). The van der Waals surface area contributed by atoms with Crippen LogP contribution in [0.4, 0.5) is 5.69 Å². The number of nitrogens with one attached hydrogen (secondary N) is 1. The molecule has 0 aliphatic carbocycles. The fourth-order valence-corrected chi connectivity index (χ4v) is 2.72. The van der Waals surface area contributed by atoms with Crippen LogP contribution in [0.5, 0.6) is 0 Å². The minimum absolute atomic E-state index is 0.170. The van der Waals surface area contributed by atoms with Gasteiger partial charge in [-0.15, -0.1) is 0 Å². The average molecular weight is 365 g/mol. The quantitative estimate of drug-likeness (QED) is 0.578. The molecule has 0 radical (unpaired) electrons. The van der Waals surface area contributed by atoms with E-state index in [1.807, 2.05) is 18.2 Å². The molecular formula is C20H19N3O4. The third kappa shape index (κ3) is 4.70. The molecule has 0 heterocycles. The van der Waals surface area contributed by atoms with Gasteiger partial charge < -0.3 is 15.3 Å². The summed E-state index contributed by atoms with van der Waals surface area (Å²) in [7, 11) is 0. The Bertz CT molecular complexity index is 944. The van der Waals surface area contributed by atoms with Crippen molar-refractivity contribution >= 4 is 34.2 Å². The molecule has 138 valence electrons. The second kappa shape index (κ2) is 9.15. The van der Waals surface area contributed by atoms with Gasteiger partial charge in [-0.2, -0.15) is 5.26 Å². The predicted molar refractivity (Wildman–Crippen MR) is 101 cm³/mol. The van der Waals surface area contributed by atoms with Crippen LogP contribution in [0.2, 0.25) is 0 Å². The first-order valence-electron chi connectivity index (χ1n) is 8.39. The number of nitrogens with zero attached hydrogens (tertiary/aromatic N) is 2. The van der Waals surface area contributed by atoms with Crippen LogP contribution >= 0.6 is 0 Å². The molecule has 0 aliphatic heterocycles. The third-order valence-corrected chi connectivity index (χ3v) is 3.90. The van der Waals surface area contributed by atoms with Crippen LogP contribution in [0.3, 0.4) is 0 Å². The number of anilines is 1. The molecule has 2 aromatic rings. The van der Waals surface area contributed by atoms with Crippen molar-refractivity contribution in [1.29, 1.82) is 5.26 Å². The van der Waals surface area contributed by atoms with E-state index in [2.05, 4.69) is 5.32 Å². The molecule has 0 saturated carbocycles. The lowest BCUT2D eigenvalue weighted by molar-refractivity contribution is -0.131. The van der Waals surface area contributed by atoms with Gasteiger partial charge in [-0.25, -0.2) is 4.79 Å². The van der Waals surface area contributed by atoms with Crippen LogP contribution in [0.1, 0.15) is 23.7 Å². The number of aliphatic carboxylic acids is 1. The van der Waals surface area contributed by atoms with E-state index in [0.717, 1.165) is 17.5 Å². The predicted octanol–water partition coefficient (Wildman–Crippen LogP) is 2.48. The second-order valence-electron chi connectivity index (χ2n) is 5.60. The number of hydrogen-bond acceptors (Lipinski definition) is 4. The molecule has 0 unspecified atom stereocenters. The van der Waals surface area contributed by atoms with Crippen LogP contribution in [0.25, 0.3) is 10.8 Å². The van der Waals surface area contributed by atoms with Crippen LogP contribution < -0.4 is 10.2 Å². The van der Waals surface area contributed by atoms with Crippen LogP contribution in [0, 0.1) is 11.3 Å². The number of rotatable bonds is 7. The summed E-state index contributed by atoms with van der Waals surface area (Å²) in [6.45, 7) is 2.18. The maximum atomic E-state index is 12.8. The summed E-state index contributed by atoms with van der Waals surface area (Å²) >= 11 is 0. The molecule has 7 nitrogen and oxygen atoms in total. The molecule has 2 rings (SSSR count). The first-order valence-corrected chi connectivity index (χ1v) is 8.39. The van der Waals surface area contributed by atoms with Gasteiger partial charge in [0, 0.05) is 25.2 Å². The summed E-state index contributed by atoms with van der Waals surface area (Å²) in [5, 5.41) is 21.6. The van der Waals surface area contributed by atoms with E-state index in [-0.39, 0.29) is 19.5 Å². The number of amides is 2. The van der Waals surface area contributed by atoms with Crippen molar-refractivity contribution in [2.45, 2.75) is 13.3 Å². The maximum absolute atomic E-state index is 12.8. The third-order valence-electron chi connectivity index (χ3n) is 3.90. The van der Waals surface area contributed by atoms with Crippen LogP contribution in [-0.2, 0) is 9.59 Å². The van der Waals surface area contributed by atoms with Gasteiger partial charge in [0.1, 0.15) is 0 Å². The molecule has 0 atom stereocenters. The lowest BCUT2D eigenvalue weighted by Crippen LogP contribution is -2.33. The van der Waals surface area contributed by atoms with Crippen LogP contribution in [-0.4, -0.2) is 36.0 Å². The first kappa shape index (κ1) is 19.7. The van der Waals surface area contributed by atoms with E-state index in [1.165, 1.54) is 4.90 Å². The van der Waals surface area contributed by atoms with Gasteiger partial charge in [0.05, 0.1) is 23.7 Å². The fraction of sp³-hybridized carbons (Fsp3) is 0.200. The van der Waals surface area contributed by atoms with E-state index in [4.69, 9.17) is 10.4 Å². The number of benzene rings is 2. The summed E-state index contributed by atoms with van der Waals surface area (Å²) in [5.41, 5.74) is 0.690. The SMILES string of the molecule is CCN(C(=O)C=CC(=O)O)c1ccc2ccccc2c1C(=O)NCCC#N. The van der Waals surface area contributed by atoms with Crippen molar-refractivity contribution in [1.82, 2.24) is 5.32 Å². The number of fused-ring (bicyclic) bond motifs is 1. The van der Waals surface area contributed by atoms with E-state index >= 15 is 0 Å². The Balaban J connectivity index is 2.55. The van der Waals surface area contributed by atoms with Gasteiger partial charge >= 0.3 is 5.97 Å². The summed E-state index contributed by atoms with van der Waals surface area (Å²) in [6, 6.07) is 12.7. The molecule has 2 aromatic carbocycles. The van der Waals surface area contributed by atoms with Gasteiger partial charge in [-0.05, 0) is 23.8 Å². The second-order valence-corrected chi connectivity index (χ2v) is 5.60. The highest BCUT2D eigenvalue weighted by molar-refractivity contribution is 6.15. The lowest BCUT2D eigenvalue weighted by atomic mass is 10.0. The highest BCUT2D eigenvalue weighted by atomic mass is 16.4. The molecule has 27 heavy (non-hydrogen) atoms. The number of carboxylic acids is 1. The molecule has 2 N–H and O–H groups in total. The number of carboxylic acid groups (broad SMARTS) is 1. The Hall–Kier alpha value is -3.66. The minimum atomic E-state index is -1.23. The summed E-state index contributed by atoms with van der Waals surface area (Å²) in [4.78, 5) is 37.3. The Labute approximate surface area is 156 Å². The largest absolute Gasteiger partial charge is 0.478 e. The molecule has 0 aromatic heterocycles. The normalized spacial score (nSPS) is 10.5. The topological polar surface area (TPSA) is 110 Å². The smallest absolute Gasteiger partial charge is 0.328 e. The number of nitriles is 1. The summed E-state index contributed by atoms with van der Waals surface area (Å²) < 4.78 is 0. The molecule has 7 heteroatoms. The van der Waals surface area contributed by atoms with Crippen molar-refractivity contribution in [3.8, 4) is 6.07 Å². The van der Waals surface area contributed by atoms with Gasteiger partial charge in [-0.1, -0.05) is 30.3 Å². The zero-order valence-corrected chi connectivity index (χ0v) is 14.8. The monoisotopic (exact) mass is 365 g/mol. The molecule has 0 fully saturated rings. The van der Waals surface area contributed by atoms with Gasteiger partial charge in [0.15, 0.2) is 0 Å². The molecule has 0 saturated heterocycles. The average Bonchev–Trinajstić information content (AvgIpc) is 2.66. The van der Waals surface area contributed by atoms with Crippen molar-refractivity contribution in [2.24, 2.45) is 0 Å². The number of carbonyl (C=O) groups is 3. The molecule has 0 bridgehead atoms. The van der Waals surface area contributed by atoms with Crippen molar-refractivity contribution in [3.63, 3.8) is 0 Å². The minimum Gasteiger partial charge on any atom is -0.478 e. The lowest BCUT2D eigenvalue weighted by Gasteiger charge is -2.23. The number of likely N-dealkylation sites (N-methyl/N-ethyl adjacent to an activating group) is 1. The molecule has 0 aliphatic rings. The zero-order chi connectivity index (χ0) is 19.8. The van der Waals surface area contributed by atoms with Crippen molar-refractivity contribution in [2.75, 3.05) is 18.0 Å². The summed E-state index contributed by atoms with van der Waals surface area (Å²) in [5.74, 6) is -2.17. The molecular weight excluding hydrogens is 346 g/mol. The highest BCUT2D eigenvalue weighted by Crippen LogP contribution is 2.29. The van der Waals surface area contributed by atoms with E-state index in [0.29, 0.717) is 16.6 Å². The van der Waals surface area contributed by atoms with Crippen molar-refractivity contribution in [3.05, 3.63) is 54.1 Å². The van der Waals surface area contributed by atoms with E-state index in [9.17, 15) is 14.4 Å². The zero-order valence-electron chi connectivity index (χ0n) is 14.8. The Kier molecular flexibility index (Phi) is 6.67. The van der Waals surface area contributed by atoms with Crippen LogP contribution in [0.15, 0.2) is 48.6 Å². The summed E-state index contributed by atoms with van der Waals surface area (Å²) in [6.07, 6.45) is 1.89. The van der Waals surface area contributed by atoms with E-state index < -0.39 is 17.8 Å². The Morgan fingerprint density at radius 1 is 1.19 bits per heavy atom. The van der Waals surface area contributed by atoms with Crippen molar-refractivity contribution < 1.29 is 19.5 Å². The first-order chi connectivity index (χ1) is 13.0. The Morgan fingerprint density at radius 2 is 1.93 bits per heavy atom. The van der Waals surface area contributed by atoms with Gasteiger partial charge in [0.2, 0.25) is 0 Å². The molecule has 0 spiro atoms. The van der Waals surface area contributed by atoms with Gasteiger partial charge in [-0.3, -0.25) is 9.59 Å². The number of hydrogen-bond donors (Lipinski definition) is 2. The maximum Gasteiger partial charge on any atom is 0.328 e.